The van der Waals surface area contributed by atoms with Crippen molar-refractivity contribution in [1.29, 1.82) is 0 Å². The molecule has 0 aromatic heterocycles. The highest BCUT2D eigenvalue weighted by Crippen LogP contribution is 2.19. The summed E-state index contributed by atoms with van der Waals surface area (Å²) in [7, 11) is 0. The van der Waals surface area contributed by atoms with Gasteiger partial charge >= 0.3 is 17.9 Å². The third-order valence-electron chi connectivity index (χ3n) is 16.9. The summed E-state index contributed by atoms with van der Waals surface area (Å²) in [4.78, 5) is 38.3. The topological polar surface area (TPSA) is 78.9 Å². The van der Waals surface area contributed by atoms with Gasteiger partial charge < -0.3 is 14.2 Å². The van der Waals surface area contributed by atoms with Crippen LogP contribution >= 0.6 is 0 Å². The van der Waals surface area contributed by atoms with Gasteiger partial charge in [0.2, 0.25) is 0 Å². The molecule has 0 spiro atoms. The maximum absolute atomic E-state index is 12.9. The van der Waals surface area contributed by atoms with E-state index in [9.17, 15) is 14.4 Å². The van der Waals surface area contributed by atoms with Gasteiger partial charge in [-0.1, -0.05) is 372 Å². The highest BCUT2D eigenvalue weighted by molar-refractivity contribution is 5.71. The number of allylic oxidation sites excluding steroid dienone is 6. The molecular weight excluding hydrogens is 1010 g/mol. The van der Waals surface area contributed by atoms with Gasteiger partial charge in [-0.3, -0.25) is 14.4 Å². The van der Waals surface area contributed by atoms with E-state index in [1.807, 2.05) is 0 Å². The number of unbranched alkanes of at least 4 members (excludes halogenated alkanes) is 52. The van der Waals surface area contributed by atoms with Crippen molar-refractivity contribution in [2.24, 2.45) is 0 Å². The van der Waals surface area contributed by atoms with Gasteiger partial charge in [-0.2, -0.15) is 0 Å². The van der Waals surface area contributed by atoms with Gasteiger partial charge in [0.05, 0.1) is 0 Å². The Kier molecular flexibility index (Phi) is 69.1. The Balaban J connectivity index is 4.02. The minimum atomic E-state index is -0.776. The number of rotatable bonds is 69. The Morgan fingerprint density at radius 2 is 0.439 bits per heavy atom. The maximum Gasteiger partial charge on any atom is 0.306 e. The summed E-state index contributed by atoms with van der Waals surface area (Å²) < 4.78 is 16.9. The standard InChI is InChI=1S/C76H142O6/c1-4-7-10-13-16-19-22-24-26-28-30-31-32-33-34-35-36-37-38-39-40-41-42-43-44-45-47-48-50-52-54-57-60-63-66-69-75(78)81-72-73(71-80-74(77)68-65-62-59-56-21-18-15-12-9-6-3)82-76(79)70-67-64-61-58-55-53-51-49-46-29-27-25-23-20-17-14-11-8-5-2/h17,20,25,27,46,49,73H,4-16,18-19,21-24,26,28-45,47-48,50-72H2,1-3H3/b20-17-,27-25-,49-46-. The summed E-state index contributed by atoms with van der Waals surface area (Å²) in [5.74, 6) is -0.860. The fourth-order valence-electron chi connectivity index (χ4n) is 11.3. The van der Waals surface area contributed by atoms with Crippen LogP contribution in [0.3, 0.4) is 0 Å². The first kappa shape index (κ1) is 79.6. The zero-order valence-corrected chi connectivity index (χ0v) is 55.5. The third-order valence-corrected chi connectivity index (χ3v) is 16.9. The van der Waals surface area contributed by atoms with Crippen LogP contribution in [0.2, 0.25) is 0 Å². The first-order valence-electron chi connectivity index (χ1n) is 37.0. The van der Waals surface area contributed by atoms with Crippen LogP contribution in [-0.4, -0.2) is 37.2 Å². The van der Waals surface area contributed by atoms with Crippen LogP contribution in [0.4, 0.5) is 0 Å². The Bertz CT molecular complexity index is 1370. The summed E-state index contributed by atoms with van der Waals surface area (Å²) in [6, 6.07) is 0. The largest absolute Gasteiger partial charge is 0.462 e. The van der Waals surface area contributed by atoms with Crippen molar-refractivity contribution in [3.63, 3.8) is 0 Å². The van der Waals surface area contributed by atoms with Crippen LogP contribution in [0, 0.1) is 0 Å². The van der Waals surface area contributed by atoms with Crippen LogP contribution in [0.15, 0.2) is 36.5 Å². The summed E-state index contributed by atoms with van der Waals surface area (Å²) in [6.07, 6.45) is 89.3. The SMILES string of the molecule is CCCCC/C=C\C/C=C\C/C=C\CCCCCCCCC(=O)OC(COC(=O)CCCCCCCCCCCC)COC(=O)CCCCCCCCCCCCCCCCCCCCCCCCCCCCCCCCCCCCC. The third kappa shape index (κ3) is 68.4. The molecular formula is C76H142O6. The lowest BCUT2D eigenvalue weighted by Crippen LogP contribution is -2.30. The van der Waals surface area contributed by atoms with Gasteiger partial charge in [-0.15, -0.1) is 0 Å². The molecule has 6 heteroatoms. The number of hydrogen-bond acceptors (Lipinski definition) is 6. The second-order valence-electron chi connectivity index (χ2n) is 25.2. The van der Waals surface area contributed by atoms with Crippen LogP contribution < -0.4 is 0 Å². The van der Waals surface area contributed by atoms with E-state index in [0.29, 0.717) is 19.3 Å². The lowest BCUT2D eigenvalue weighted by atomic mass is 10.0. The second kappa shape index (κ2) is 71.1. The molecule has 0 saturated heterocycles. The van der Waals surface area contributed by atoms with E-state index in [2.05, 4.69) is 57.2 Å². The molecule has 0 bridgehead atoms. The maximum atomic E-state index is 12.9. The molecule has 6 nitrogen and oxygen atoms in total. The fourth-order valence-corrected chi connectivity index (χ4v) is 11.3. The van der Waals surface area contributed by atoms with Gasteiger partial charge in [0, 0.05) is 19.3 Å². The number of carbonyl (C=O) groups excluding carboxylic acids is 3. The summed E-state index contributed by atoms with van der Waals surface area (Å²) in [6.45, 7) is 6.66. The molecule has 0 aromatic carbocycles. The van der Waals surface area contributed by atoms with Crippen molar-refractivity contribution in [3.8, 4) is 0 Å². The van der Waals surface area contributed by atoms with Crippen molar-refractivity contribution < 1.29 is 28.6 Å². The van der Waals surface area contributed by atoms with E-state index >= 15 is 0 Å². The van der Waals surface area contributed by atoms with Gasteiger partial charge in [0.1, 0.15) is 13.2 Å². The molecule has 0 saturated carbocycles. The van der Waals surface area contributed by atoms with E-state index in [1.54, 1.807) is 0 Å². The monoisotopic (exact) mass is 1150 g/mol. The van der Waals surface area contributed by atoms with Crippen molar-refractivity contribution >= 4 is 17.9 Å². The second-order valence-corrected chi connectivity index (χ2v) is 25.2. The summed E-state index contributed by atoms with van der Waals surface area (Å²) >= 11 is 0. The van der Waals surface area contributed by atoms with Gasteiger partial charge in [0.25, 0.3) is 0 Å². The molecule has 0 amide bonds. The van der Waals surface area contributed by atoms with E-state index < -0.39 is 6.10 Å². The molecule has 0 heterocycles. The Morgan fingerprint density at radius 3 is 0.707 bits per heavy atom. The average Bonchev–Trinajstić information content (AvgIpc) is 3.48. The average molecular weight is 1150 g/mol. The lowest BCUT2D eigenvalue weighted by molar-refractivity contribution is -0.167. The number of carbonyl (C=O) groups is 3. The molecule has 1 unspecified atom stereocenters. The Morgan fingerprint density at radius 1 is 0.244 bits per heavy atom. The predicted octanol–water partition coefficient (Wildman–Crippen LogP) is 25.5. The van der Waals surface area contributed by atoms with Crippen LogP contribution in [-0.2, 0) is 28.6 Å². The molecule has 0 fully saturated rings. The normalized spacial score (nSPS) is 12.2. The van der Waals surface area contributed by atoms with Crippen molar-refractivity contribution in [3.05, 3.63) is 36.5 Å². The van der Waals surface area contributed by atoms with Crippen molar-refractivity contribution in [2.45, 2.75) is 419 Å². The van der Waals surface area contributed by atoms with Crippen LogP contribution in [0.1, 0.15) is 412 Å². The van der Waals surface area contributed by atoms with Crippen LogP contribution in [0.5, 0.6) is 0 Å². The predicted molar refractivity (Wildman–Crippen MR) is 358 cm³/mol. The zero-order valence-electron chi connectivity index (χ0n) is 55.5. The smallest absolute Gasteiger partial charge is 0.306 e. The summed E-state index contributed by atoms with van der Waals surface area (Å²) in [5.41, 5.74) is 0. The molecule has 82 heavy (non-hydrogen) atoms. The van der Waals surface area contributed by atoms with E-state index in [-0.39, 0.29) is 31.1 Å². The highest BCUT2D eigenvalue weighted by Gasteiger charge is 2.19. The molecule has 482 valence electrons. The van der Waals surface area contributed by atoms with Gasteiger partial charge in [-0.25, -0.2) is 0 Å². The molecule has 0 N–H and O–H groups in total. The first-order chi connectivity index (χ1) is 40.5. The molecule has 0 radical (unpaired) electrons. The van der Waals surface area contributed by atoms with E-state index in [1.165, 1.54) is 295 Å². The zero-order chi connectivity index (χ0) is 59.2. The molecule has 0 aliphatic rings. The molecule has 0 rings (SSSR count). The molecule has 0 aromatic rings. The van der Waals surface area contributed by atoms with Gasteiger partial charge in [0.15, 0.2) is 6.10 Å². The van der Waals surface area contributed by atoms with Crippen molar-refractivity contribution in [2.75, 3.05) is 13.2 Å². The number of esters is 3. The summed E-state index contributed by atoms with van der Waals surface area (Å²) in [5, 5.41) is 0. The van der Waals surface area contributed by atoms with E-state index in [0.717, 1.165) is 77.0 Å². The minimum absolute atomic E-state index is 0.0724. The molecule has 0 aliphatic carbocycles. The Labute approximate surface area is 512 Å². The van der Waals surface area contributed by atoms with Crippen molar-refractivity contribution in [1.82, 2.24) is 0 Å². The first-order valence-corrected chi connectivity index (χ1v) is 37.0. The molecule has 0 aliphatic heterocycles. The fraction of sp³-hybridized carbons (Fsp3) is 0.882. The minimum Gasteiger partial charge on any atom is -0.462 e. The number of ether oxygens (including phenoxy) is 3. The van der Waals surface area contributed by atoms with Crippen LogP contribution in [0.25, 0.3) is 0 Å². The van der Waals surface area contributed by atoms with E-state index in [4.69, 9.17) is 14.2 Å². The quantitative estimate of drug-likeness (QED) is 0.0261. The Hall–Kier alpha value is -2.37. The van der Waals surface area contributed by atoms with Gasteiger partial charge in [-0.05, 0) is 57.8 Å². The highest BCUT2D eigenvalue weighted by atomic mass is 16.6. The lowest BCUT2D eigenvalue weighted by Gasteiger charge is -2.18. The number of hydrogen-bond donors (Lipinski definition) is 0. The molecule has 1 atom stereocenters.